The summed E-state index contributed by atoms with van der Waals surface area (Å²) in [6.07, 6.45) is 1.43. The van der Waals surface area contributed by atoms with Gasteiger partial charge in [-0.05, 0) is 42.6 Å². The second kappa shape index (κ2) is 5.30. The molecule has 2 aromatic carbocycles. The van der Waals surface area contributed by atoms with Crippen LogP contribution in [0, 0.1) is 13.8 Å². The Kier molecular flexibility index (Phi) is 2.51. The SMILES string of the molecule is [2H]C([2H])([2H])c1ccc(-c2cccc(-c3ccc(C)cc3)c2)nc1. The Morgan fingerprint density at radius 2 is 1.55 bits per heavy atom. The van der Waals surface area contributed by atoms with Crippen molar-refractivity contribution in [2.75, 3.05) is 0 Å². The molecule has 3 rings (SSSR count). The highest BCUT2D eigenvalue weighted by molar-refractivity contribution is 5.71. The lowest BCUT2D eigenvalue weighted by Crippen LogP contribution is -1.85. The van der Waals surface area contributed by atoms with Crippen LogP contribution in [-0.2, 0) is 0 Å². The van der Waals surface area contributed by atoms with E-state index in [-0.39, 0.29) is 5.56 Å². The summed E-state index contributed by atoms with van der Waals surface area (Å²) in [4.78, 5) is 4.30. The van der Waals surface area contributed by atoms with Crippen molar-refractivity contribution in [1.82, 2.24) is 4.98 Å². The van der Waals surface area contributed by atoms with Crippen molar-refractivity contribution in [1.29, 1.82) is 0 Å². The van der Waals surface area contributed by atoms with E-state index in [1.54, 1.807) is 12.1 Å². The van der Waals surface area contributed by atoms with Crippen LogP contribution in [0.2, 0.25) is 0 Å². The molecule has 20 heavy (non-hydrogen) atoms. The van der Waals surface area contributed by atoms with Crippen LogP contribution in [0.5, 0.6) is 0 Å². The molecule has 0 N–H and O–H groups in total. The van der Waals surface area contributed by atoms with Gasteiger partial charge in [0.1, 0.15) is 0 Å². The van der Waals surface area contributed by atoms with Gasteiger partial charge in [0, 0.05) is 15.9 Å². The van der Waals surface area contributed by atoms with Crippen LogP contribution in [0.3, 0.4) is 0 Å². The molecule has 1 aromatic heterocycles. The summed E-state index contributed by atoms with van der Waals surface area (Å²) in [5.41, 5.74) is 5.50. The van der Waals surface area contributed by atoms with Crippen LogP contribution in [-0.4, -0.2) is 4.98 Å². The van der Waals surface area contributed by atoms with Crippen LogP contribution >= 0.6 is 0 Å². The molecule has 0 aliphatic carbocycles. The van der Waals surface area contributed by atoms with E-state index in [1.165, 1.54) is 11.8 Å². The van der Waals surface area contributed by atoms with E-state index >= 15 is 0 Å². The lowest BCUT2D eigenvalue weighted by atomic mass is 10.0. The second-order valence-corrected chi connectivity index (χ2v) is 4.88. The molecular formula is C19H17N. The minimum atomic E-state index is -2.12. The molecule has 0 saturated carbocycles. The van der Waals surface area contributed by atoms with E-state index in [9.17, 15) is 0 Å². The average molecular weight is 262 g/mol. The van der Waals surface area contributed by atoms with Gasteiger partial charge < -0.3 is 0 Å². The number of aromatic nitrogens is 1. The quantitative estimate of drug-likeness (QED) is 0.631. The third kappa shape index (κ3) is 2.62. The highest BCUT2D eigenvalue weighted by Crippen LogP contribution is 2.25. The zero-order valence-electron chi connectivity index (χ0n) is 14.3. The van der Waals surface area contributed by atoms with Crippen molar-refractivity contribution in [3.8, 4) is 22.4 Å². The Morgan fingerprint density at radius 1 is 0.800 bits per heavy atom. The first-order chi connectivity index (χ1) is 10.9. The molecule has 0 aliphatic heterocycles. The van der Waals surface area contributed by atoms with Gasteiger partial charge in [-0.2, -0.15) is 0 Å². The summed E-state index contributed by atoms with van der Waals surface area (Å²) in [7, 11) is 0. The molecule has 0 radical (unpaired) electrons. The molecule has 1 heteroatoms. The van der Waals surface area contributed by atoms with Gasteiger partial charge in [0.05, 0.1) is 5.69 Å². The Bertz CT molecular complexity index is 803. The summed E-state index contributed by atoms with van der Waals surface area (Å²) in [6.45, 7) is -0.0497. The van der Waals surface area contributed by atoms with Crippen molar-refractivity contribution < 1.29 is 4.11 Å². The zero-order valence-corrected chi connectivity index (χ0v) is 11.3. The third-order valence-electron chi connectivity index (χ3n) is 3.31. The van der Waals surface area contributed by atoms with Gasteiger partial charge in [-0.25, -0.2) is 0 Å². The fraction of sp³-hybridized carbons (Fsp3) is 0.105. The van der Waals surface area contributed by atoms with E-state index < -0.39 is 6.85 Å². The Hall–Kier alpha value is -2.41. The van der Waals surface area contributed by atoms with E-state index in [0.29, 0.717) is 0 Å². The fourth-order valence-electron chi connectivity index (χ4n) is 2.17. The normalized spacial score (nSPS) is 13.3. The van der Waals surface area contributed by atoms with Crippen molar-refractivity contribution in [2.45, 2.75) is 13.8 Å². The summed E-state index contributed by atoms with van der Waals surface area (Å²) in [6, 6.07) is 19.9. The topological polar surface area (TPSA) is 12.9 Å². The molecule has 0 saturated heterocycles. The maximum atomic E-state index is 7.41. The van der Waals surface area contributed by atoms with Gasteiger partial charge in [0.2, 0.25) is 0 Å². The minimum absolute atomic E-state index is 0.260. The van der Waals surface area contributed by atoms with E-state index in [2.05, 4.69) is 48.3 Å². The highest BCUT2D eigenvalue weighted by Gasteiger charge is 2.02. The van der Waals surface area contributed by atoms with E-state index in [1.807, 2.05) is 12.1 Å². The van der Waals surface area contributed by atoms with Crippen LogP contribution in [0.4, 0.5) is 0 Å². The molecule has 0 atom stereocenters. The molecular weight excluding hydrogens is 242 g/mol. The van der Waals surface area contributed by atoms with Gasteiger partial charge in [0.15, 0.2) is 0 Å². The molecule has 98 valence electrons. The first kappa shape index (κ1) is 9.49. The molecule has 3 aromatic rings. The van der Waals surface area contributed by atoms with E-state index in [4.69, 9.17) is 4.11 Å². The molecule has 0 unspecified atom stereocenters. The molecule has 0 amide bonds. The van der Waals surface area contributed by atoms with Gasteiger partial charge in [-0.15, -0.1) is 0 Å². The summed E-state index contributed by atoms with van der Waals surface area (Å²) in [5.74, 6) is 0. The van der Waals surface area contributed by atoms with Crippen molar-refractivity contribution in [3.05, 3.63) is 78.0 Å². The van der Waals surface area contributed by atoms with Crippen LogP contribution in [0.25, 0.3) is 22.4 Å². The van der Waals surface area contributed by atoms with Crippen LogP contribution in [0.15, 0.2) is 66.9 Å². The highest BCUT2D eigenvalue weighted by atomic mass is 14.7. The lowest BCUT2D eigenvalue weighted by Gasteiger charge is -2.06. The Morgan fingerprint density at radius 3 is 2.25 bits per heavy atom. The minimum Gasteiger partial charge on any atom is -0.256 e. The number of rotatable bonds is 2. The number of pyridine rings is 1. The van der Waals surface area contributed by atoms with Crippen LogP contribution in [0.1, 0.15) is 15.2 Å². The maximum Gasteiger partial charge on any atom is 0.0702 e. The van der Waals surface area contributed by atoms with Gasteiger partial charge in [-0.3, -0.25) is 4.98 Å². The lowest BCUT2D eigenvalue weighted by molar-refractivity contribution is 1.27. The van der Waals surface area contributed by atoms with Gasteiger partial charge in [-0.1, -0.05) is 54.1 Å². The van der Waals surface area contributed by atoms with Crippen molar-refractivity contribution >= 4 is 0 Å². The van der Waals surface area contributed by atoms with E-state index in [0.717, 1.165) is 22.4 Å². The zero-order chi connectivity index (χ0) is 16.4. The van der Waals surface area contributed by atoms with Crippen molar-refractivity contribution in [3.63, 3.8) is 0 Å². The third-order valence-corrected chi connectivity index (χ3v) is 3.31. The number of nitrogens with zero attached hydrogens (tertiary/aromatic N) is 1. The Balaban J connectivity index is 1.95. The van der Waals surface area contributed by atoms with Crippen molar-refractivity contribution in [2.24, 2.45) is 0 Å². The molecule has 0 spiro atoms. The summed E-state index contributed by atoms with van der Waals surface area (Å²) < 4.78 is 22.2. The monoisotopic (exact) mass is 262 g/mol. The van der Waals surface area contributed by atoms with Gasteiger partial charge >= 0.3 is 0 Å². The number of hydrogen-bond acceptors (Lipinski definition) is 1. The first-order valence-corrected chi connectivity index (χ1v) is 6.57. The summed E-state index contributed by atoms with van der Waals surface area (Å²) >= 11 is 0. The smallest absolute Gasteiger partial charge is 0.0702 e. The number of benzene rings is 2. The molecule has 1 heterocycles. The fourth-order valence-corrected chi connectivity index (χ4v) is 2.17. The average Bonchev–Trinajstić information content (AvgIpc) is 2.55. The molecule has 0 fully saturated rings. The number of aryl methyl sites for hydroxylation is 2. The maximum absolute atomic E-state index is 7.41. The number of hydrogen-bond donors (Lipinski definition) is 0. The van der Waals surface area contributed by atoms with Crippen LogP contribution < -0.4 is 0 Å². The van der Waals surface area contributed by atoms with Gasteiger partial charge in [0.25, 0.3) is 0 Å². The Labute approximate surface area is 124 Å². The predicted molar refractivity (Wildman–Crippen MR) is 84.6 cm³/mol. The molecule has 0 bridgehead atoms. The predicted octanol–water partition coefficient (Wildman–Crippen LogP) is 5.03. The molecule has 1 nitrogen and oxygen atoms in total. The molecule has 0 aliphatic rings. The standard InChI is InChI=1S/C19H17N/c1-14-6-9-16(10-7-14)17-4-3-5-18(12-17)19-11-8-15(2)13-20-19/h3-13H,1-2H3/i2D3. The summed E-state index contributed by atoms with van der Waals surface area (Å²) in [5, 5.41) is 0. The first-order valence-electron chi connectivity index (χ1n) is 8.07. The second-order valence-electron chi connectivity index (χ2n) is 4.88. The largest absolute Gasteiger partial charge is 0.256 e.